The van der Waals surface area contributed by atoms with E-state index in [1.54, 1.807) is 6.08 Å². The van der Waals surface area contributed by atoms with Crippen LogP contribution < -0.4 is 5.32 Å². The second-order valence-corrected chi connectivity index (χ2v) is 5.57. The smallest absolute Gasteiger partial charge is 0.333 e. The fourth-order valence-corrected chi connectivity index (χ4v) is 2.57. The number of nitrogens with one attached hydrogen (secondary N) is 1. The van der Waals surface area contributed by atoms with Crippen LogP contribution in [-0.2, 0) is 16.1 Å². The molecule has 114 valence electrons. The van der Waals surface area contributed by atoms with Gasteiger partial charge in [-0.05, 0) is 18.4 Å². The van der Waals surface area contributed by atoms with E-state index in [2.05, 4.69) is 24.4 Å². The Morgan fingerprint density at radius 2 is 1.86 bits per heavy atom. The zero-order chi connectivity index (χ0) is 14.9. The molecule has 0 spiro atoms. The maximum absolute atomic E-state index is 11.5. The van der Waals surface area contributed by atoms with Gasteiger partial charge < -0.3 is 10.1 Å². The molecule has 1 aromatic rings. The largest absolute Gasteiger partial charge is 0.453 e. The molecule has 3 nitrogen and oxygen atoms in total. The van der Waals surface area contributed by atoms with Crippen LogP contribution in [-0.4, -0.2) is 12.1 Å². The van der Waals surface area contributed by atoms with Gasteiger partial charge in [0, 0.05) is 12.6 Å². The molecule has 0 radical (unpaired) electrons. The molecule has 1 atom stereocenters. The molecular weight excluding hydrogens is 262 g/mol. The van der Waals surface area contributed by atoms with Gasteiger partial charge in [0.1, 0.15) is 6.10 Å². The summed E-state index contributed by atoms with van der Waals surface area (Å²) in [5, 5.41) is 3.35. The molecule has 3 heteroatoms. The first-order valence-corrected chi connectivity index (χ1v) is 7.99. The van der Waals surface area contributed by atoms with E-state index in [4.69, 9.17) is 4.74 Å². The first-order valence-electron chi connectivity index (χ1n) is 7.99. The molecule has 0 saturated heterocycles. The van der Waals surface area contributed by atoms with Crippen molar-refractivity contribution in [3.63, 3.8) is 0 Å². The second-order valence-electron chi connectivity index (χ2n) is 5.57. The van der Waals surface area contributed by atoms with Crippen molar-refractivity contribution in [2.45, 2.75) is 58.1 Å². The van der Waals surface area contributed by atoms with Gasteiger partial charge in [-0.1, -0.05) is 62.9 Å². The molecule has 1 N–H and O–H groups in total. The molecule has 0 fully saturated rings. The van der Waals surface area contributed by atoms with E-state index >= 15 is 0 Å². The monoisotopic (exact) mass is 287 g/mol. The summed E-state index contributed by atoms with van der Waals surface area (Å²) in [7, 11) is 0. The lowest BCUT2D eigenvalue weighted by atomic mass is 10.1. The lowest BCUT2D eigenvalue weighted by Gasteiger charge is -2.16. The summed E-state index contributed by atoms with van der Waals surface area (Å²) in [5.74, 6) is -0.218. The van der Waals surface area contributed by atoms with Crippen molar-refractivity contribution in [1.82, 2.24) is 5.32 Å². The Morgan fingerprint density at radius 3 is 2.62 bits per heavy atom. The number of benzene rings is 1. The van der Waals surface area contributed by atoms with Crippen LogP contribution in [0, 0.1) is 0 Å². The maximum Gasteiger partial charge on any atom is 0.333 e. The van der Waals surface area contributed by atoms with E-state index in [1.807, 2.05) is 18.2 Å². The lowest BCUT2D eigenvalue weighted by Crippen LogP contribution is -2.22. The van der Waals surface area contributed by atoms with Crippen LogP contribution >= 0.6 is 0 Å². The average molecular weight is 287 g/mol. The fraction of sp³-hybridized carbons (Fsp3) is 0.500. The van der Waals surface area contributed by atoms with Crippen molar-refractivity contribution in [1.29, 1.82) is 0 Å². The molecule has 0 saturated carbocycles. The third-order valence-electron chi connectivity index (χ3n) is 3.79. The highest BCUT2D eigenvalue weighted by Crippen LogP contribution is 2.20. The topological polar surface area (TPSA) is 38.3 Å². The van der Waals surface area contributed by atoms with Crippen LogP contribution in [0.5, 0.6) is 0 Å². The zero-order valence-electron chi connectivity index (χ0n) is 12.8. The van der Waals surface area contributed by atoms with Crippen LogP contribution in [0.4, 0.5) is 0 Å². The Labute approximate surface area is 127 Å². The van der Waals surface area contributed by atoms with E-state index in [9.17, 15) is 4.79 Å². The summed E-state index contributed by atoms with van der Waals surface area (Å²) in [5.41, 5.74) is 2.14. The molecule has 1 aliphatic heterocycles. The Balaban J connectivity index is 1.76. The molecule has 1 aromatic carbocycles. The minimum Gasteiger partial charge on any atom is -0.453 e. The van der Waals surface area contributed by atoms with Gasteiger partial charge >= 0.3 is 5.97 Å². The minimum atomic E-state index is -0.218. The summed E-state index contributed by atoms with van der Waals surface area (Å²) in [6.45, 7) is 2.95. The Kier molecular flexibility index (Phi) is 6.32. The molecule has 0 bridgehead atoms. The number of unbranched alkanes of at least 4 members (excludes halogenated alkanes) is 4. The van der Waals surface area contributed by atoms with E-state index < -0.39 is 0 Å². The molecule has 2 rings (SSSR count). The summed E-state index contributed by atoms with van der Waals surface area (Å²) < 4.78 is 5.37. The van der Waals surface area contributed by atoms with E-state index in [-0.39, 0.29) is 12.1 Å². The standard InChI is InChI=1S/C18H25NO2/c1-2-3-4-5-9-12-17-16(13-18(20)21-17)19-14-15-10-7-6-8-11-15/h6-8,10-11,13,17,19H,2-5,9,12,14H2,1H3. The molecule has 21 heavy (non-hydrogen) atoms. The Bertz CT molecular complexity index is 467. The predicted octanol–water partition coefficient (Wildman–Crippen LogP) is 3.95. The Hall–Kier alpha value is -1.77. The van der Waals surface area contributed by atoms with Gasteiger partial charge in [-0.3, -0.25) is 0 Å². The van der Waals surface area contributed by atoms with E-state index in [1.165, 1.54) is 31.2 Å². The van der Waals surface area contributed by atoms with Crippen molar-refractivity contribution >= 4 is 5.97 Å². The normalized spacial score (nSPS) is 17.5. The van der Waals surface area contributed by atoms with Crippen LogP contribution in [0.25, 0.3) is 0 Å². The van der Waals surface area contributed by atoms with Gasteiger partial charge in [0.2, 0.25) is 0 Å². The van der Waals surface area contributed by atoms with Crippen LogP contribution in [0.1, 0.15) is 51.0 Å². The maximum atomic E-state index is 11.5. The van der Waals surface area contributed by atoms with Crippen molar-refractivity contribution in [2.24, 2.45) is 0 Å². The van der Waals surface area contributed by atoms with Crippen molar-refractivity contribution < 1.29 is 9.53 Å². The highest BCUT2D eigenvalue weighted by Gasteiger charge is 2.25. The molecule has 0 aliphatic carbocycles. The summed E-state index contributed by atoms with van der Waals surface area (Å²) in [6, 6.07) is 10.2. The SMILES string of the molecule is CCCCCCCC1OC(=O)C=C1NCc1ccccc1. The number of carbonyl (C=O) groups excluding carboxylic acids is 1. The van der Waals surface area contributed by atoms with Gasteiger partial charge in [0.25, 0.3) is 0 Å². The Morgan fingerprint density at radius 1 is 1.10 bits per heavy atom. The molecule has 0 amide bonds. The highest BCUT2D eigenvalue weighted by molar-refractivity contribution is 5.85. The average Bonchev–Trinajstić information content (AvgIpc) is 2.86. The van der Waals surface area contributed by atoms with Gasteiger partial charge in [0.05, 0.1) is 5.70 Å². The lowest BCUT2D eigenvalue weighted by molar-refractivity contribution is -0.139. The molecule has 1 aliphatic rings. The van der Waals surface area contributed by atoms with Gasteiger partial charge in [0.15, 0.2) is 0 Å². The summed E-state index contributed by atoms with van der Waals surface area (Å²) >= 11 is 0. The molecular formula is C18H25NO2. The number of ether oxygens (including phenoxy) is 1. The minimum absolute atomic E-state index is 0.0807. The first kappa shape index (κ1) is 15.6. The van der Waals surface area contributed by atoms with Crippen LogP contribution in [0.15, 0.2) is 42.1 Å². The quantitative estimate of drug-likeness (QED) is 0.552. The number of hydrogen-bond acceptors (Lipinski definition) is 3. The number of cyclic esters (lactones) is 1. The van der Waals surface area contributed by atoms with E-state index in [0.717, 1.165) is 25.1 Å². The van der Waals surface area contributed by atoms with Crippen molar-refractivity contribution in [3.05, 3.63) is 47.7 Å². The molecule has 1 heterocycles. The summed E-state index contributed by atoms with van der Waals surface area (Å²) in [4.78, 5) is 11.5. The molecule has 0 aromatic heterocycles. The van der Waals surface area contributed by atoms with E-state index in [0.29, 0.717) is 0 Å². The number of hydrogen-bond donors (Lipinski definition) is 1. The number of rotatable bonds is 9. The number of esters is 1. The van der Waals surface area contributed by atoms with Gasteiger partial charge in [-0.2, -0.15) is 0 Å². The zero-order valence-corrected chi connectivity index (χ0v) is 12.8. The number of carbonyl (C=O) groups is 1. The predicted molar refractivity (Wildman–Crippen MR) is 84.6 cm³/mol. The molecule has 1 unspecified atom stereocenters. The van der Waals surface area contributed by atoms with Gasteiger partial charge in [-0.25, -0.2) is 4.79 Å². The van der Waals surface area contributed by atoms with Crippen molar-refractivity contribution in [3.8, 4) is 0 Å². The fourth-order valence-electron chi connectivity index (χ4n) is 2.57. The van der Waals surface area contributed by atoms with Crippen molar-refractivity contribution in [2.75, 3.05) is 0 Å². The summed E-state index contributed by atoms with van der Waals surface area (Å²) in [6.07, 6.45) is 8.58. The first-order chi connectivity index (χ1) is 10.3. The third-order valence-corrected chi connectivity index (χ3v) is 3.79. The third kappa shape index (κ3) is 5.25. The van der Waals surface area contributed by atoms with Gasteiger partial charge in [-0.15, -0.1) is 0 Å². The highest BCUT2D eigenvalue weighted by atomic mass is 16.5. The second kappa shape index (κ2) is 8.50. The van der Waals surface area contributed by atoms with Crippen LogP contribution in [0.3, 0.4) is 0 Å². The van der Waals surface area contributed by atoms with Crippen LogP contribution in [0.2, 0.25) is 0 Å².